The Kier molecular flexibility index (Phi) is 4.63. The molecule has 0 radical (unpaired) electrons. The SMILES string of the molecule is Cn1nc(-c2cccs2)cc1-c1ccc(C(=O)Nc2ccccc2Cl)s1. The zero-order chi connectivity index (χ0) is 18.1. The zero-order valence-corrected chi connectivity index (χ0v) is 16.2. The van der Waals surface area contributed by atoms with Gasteiger partial charge in [-0.1, -0.05) is 29.8 Å². The smallest absolute Gasteiger partial charge is 0.265 e. The third kappa shape index (κ3) is 3.31. The lowest BCUT2D eigenvalue weighted by atomic mass is 10.3. The lowest BCUT2D eigenvalue weighted by molar-refractivity contribution is 0.103. The van der Waals surface area contributed by atoms with Gasteiger partial charge >= 0.3 is 0 Å². The van der Waals surface area contributed by atoms with E-state index in [0.29, 0.717) is 15.6 Å². The second kappa shape index (κ2) is 7.07. The van der Waals surface area contributed by atoms with Gasteiger partial charge in [-0.15, -0.1) is 22.7 Å². The standard InChI is InChI=1S/C19H14ClN3OS2/c1-23-15(11-14(22-23)16-7-4-10-25-16)17-8-9-18(26-17)19(24)21-13-6-3-2-5-12(13)20/h2-11H,1H3,(H,21,24). The van der Waals surface area contributed by atoms with Gasteiger partial charge in [0.05, 0.1) is 31.0 Å². The molecule has 0 saturated heterocycles. The number of carbonyl (C=O) groups is 1. The molecule has 0 fully saturated rings. The summed E-state index contributed by atoms with van der Waals surface area (Å²) in [6.07, 6.45) is 0. The van der Waals surface area contributed by atoms with Crippen LogP contribution in [0.2, 0.25) is 5.02 Å². The summed E-state index contributed by atoms with van der Waals surface area (Å²) in [4.78, 5) is 15.2. The molecular formula is C19H14ClN3OS2. The van der Waals surface area contributed by atoms with Crippen molar-refractivity contribution in [3.05, 3.63) is 69.9 Å². The fraction of sp³-hybridized carbons (Fsp3) is 0.0526. The molecule has 0 bridgehead atoms. The Bertz CT molecular complexity index is 1070. The number of carbonyl (C=O) groups excluding carboxylic acids is 1. The summed E-state index contributed by atoms with van der Waals surface area (Å²) in [6, 6.07) is 17.1. The minimum Gasteiger partial charge on any atom is -0.320 e. The molecule has 0 saturated carbocycles. The van der Waals surface area contributed by atoms with Crippen molar-refractivity contribution in [2.75, 3.05) is 5.32 Å². The highest BCUT2D eigenvalue weighted by Crippen LogP contribution is 2.33. The van der Waals surface area contributed by atoms with Gasteiger partial charge in [0.25, 0.3) is 5.91 Å². The Morgan fingerprint density at radius 2 is 1.96 bits per heavy atom. The maximum absolute atomic E-state index is 12.5. The van der Waals surface area contributed by atoms with E-state index in [0.717, 1.165) is 21.1 Å². The number of anilines is 1. The van der Waals surface area contributed by atoms with Crippen LogP contribution in [0.3, 0.4) is 0 Å². The quantitative estimate of drug-likeness (QED) is 0.472. The average Bonchev–Trinajstić information content (AvgIpc) is 3.36. The minimum absolute atomic E-state index is 0.171. The van der Waals surface area contributed by atoms with Gasteiger partial charge in [0, 0.05) is 7.05 Å². The highest BCUT2D eigenvalue weighted by Gasteiger charge is 2.15. The van der Waals surface area contributed by atoms with Gasteiger partial charge in [-0.25, -0.2) is 0 Å². The summed E-state index contributed by atoms with van der Waals surface area (Å²) in [5.41, 5.74) is 2.53. The van der Waals surface area contributed by atoms with Crippen LogP contribution in [-0.2, 0) is 7.05 Å². The molecule has 26 heavy (non-hydrogen) atoms. The van der Waals surface area contributed by atoms with Crippen molar-refractivity contribution >= 4 is 45.9 Å². The van der Waals surface area contributed by atoms with Crippen molar-refractivity contribution in [2.45, 2.75) is 0 Å². The normalized spacial score (nSPS) is 10.8. The Morgan fingerprint density at radius 3 is 2.73 bits per heavy atom. The number of aromatic nitrogens is 2. The van der Waals surface area contributed by atoms with Crippen LogP contribution in [0.25, 0.3) is 21.1 Å². The van der Waals surface area contributed by atoms with Gasteiger partial charge in [-0.3, -0.25) is 9.48 Å². The molecule has 0 aliphatic carbocycles. The molecule has 3 aromatic heterocycles. The monoisotopic (exact) mass is 399 g/mol. The maximum atomic E-state index is 12.5. The first-order valence-corrected chi connectivity index (χ1v) is 9.93. The molecule has 4 nitrogen and oxygen atoms in total. The van der Waals surface area contributed by atoms with E-state index in [2.05, 4.69) is 10.4 Å². The molecule has 4 rings (SSSR count). The molecule has 1 aromatic carbocycles. The van der Waals surface area contributed by atoms with Crippen molar-refractivity contribution in [3.8, 4) is 21.1 Å². The maximum Gasteiger partial charge on any atom is 0.265 e. The van der Waals surface area contributed by atoms with E-state index in [1.54, 1.807) is 23.5 Å². The van der Waals surface area contributed by atoms with E-state index < -0.39 is 0 Å². The molecule has 0 aliphatic rings. The van der Waals surface area contributed by atoms with Crippen LogP contribution in [0.5, 0.6) is 0 Å². The molecule has 0 aliphatic heterocycles. The van der Waals surface area contributed by atoms with Gasteiger partial charge < -0.3 is 5.32 Å². The van der Waals surface area contributed by atoms with Gasteiger partial charge in [0.1, 0.15) is 5.69 Å². The lowest BCUT2D eigenvalue weighted by Gasteiger charge is -2.05. The van der Waals surface area contributed by atoms with E-state index in [-0.39, 0.29) is 5.91 Å². The summed E-state index contributed by atoms with van der Waals surface area (Å²) in [7, 11) is 1.91. The van der Waals surface area contributed by atoms with Crippen molar-refractivity contribution in [1.82, 2.24) is 9.78 Å². The van der Waals surface area contributed by atoms with Crippen LogP contribution in [0.15, 0.2) is 60.0 Å². The number of halogens is 1. The van der Waals surface area contributed by atoms with E-state index in [1.165, 1.54) is 11.3 Å². The van der Waals surface area contributed by atoms with Crippen LogP contribution < -0.4 is 5.32 Å². The first kappa shape index (κ1) is 17.0. The predicted octanol–water partition coefficient (Wildman–Crippen LogP) is 5.78. The Morgan fingerprint density at radius 1 is 1.12 bits per heavy atom. The third-order valence-electron chi connectivity index (χ3n) is 3.86. The molecule has 0 spiro atoms. The van der Waals surface area contributed by atoms with Gasteiger partial charge in [-0.2, -0.15) is 5.10 Å². The first-order valence-electron chi connectivity index (χ1n) is 7.86. The van der Waals surface area contributed by atoms with Gasteiger partial charge in [0.2, 0.25) is 0 Å². The van der Waals surface area contributed by atoms with E-state index in [1.807, 2.05) is 59.6 Å². The summed E-state index contributed by atoms with van der Waals surface area (Å²) in [5, 5.41) is 9.98. The number of para-hydroxylation sites is 1. The number of nitrogens with one attached hydrogen (secondary N) is 1. The molecule has 0 atom stereocenters. The van der Waals surface area contributed by atoms with E-state index in [9.17, 15) is 4.79 Å². The van der Waals surface area contributed by atoms with E-state index >= 15 is 0 Å². The predicted molar refractivity (Wildman–Crippen MR) is 109 cm³/mol. The number of amides is 1. The topological polar surface area (TPSA) is 46.9 Å². The third-order valence-corrected chi connectivity index (χ3v) is 6.19. The molecule has 3 heterocycles. The van der Waals surface area contributed by atoms with Crippen molar-refractivity contribution < 1.29 is 4.79 Å². The molecule has 130 valence electrons. The van der Waals surface area contributed by atoms with Crippen LogP contribution in [0.1, 0.15) is 9.67 Å². The largest absolute Gasteiger partial charge is 0.320 e. The number of nitrogens with zero attached hydrogens (tertiary/aromatic N) is 2. The van der Waals surface area contributed by atoms with Crippen molar-refractivity contribution in [3.63, 3.8) is 0 Å². The number of aryl methyl sites for hydroxylation is 1. The number of rotatable bonds is 4. The summed E-state index contributed by atoms with van der Waals surface area (Å²) in [6.45, 7) is 0. The highest BCUT2D eigenvalue weighted by atomic mass is 35.5. The molecule has 0 unspecified atom stereocenters. The van der Waals surface area contributed by atoms with Crippen molar-refractivity contribution in [1.29, 1.82) is 0 Å². The fourth-order valence-electron chi connectivity index (χ4n) is 2.59. The van der Waals surface area contributed by atoms with Crippen LogP contribution >= 0.6 is 34.3 Å². The van der Waals surface area contributed by atoms with Gasteiger partial charge in [0.15, 0.2) is 0 Å². The summed E-state index contributed by atoms with van der Waals surface area (Å²) in [5.74, 6) is -0.171. The second-order valence-electron chi connectivity index (χ2n) is 5.61. The second-order valence-corrected chi connectivity index (χ2v) is 8.05. The Balaban J connectivity index is 1.58. The number of hydrogen-bond acceptors (Lipinski definition) is 4. The average molecular weight is 400 g/mol. The lowest BCUT2D eigenvalue weighted by Crippen LogP contribution is -2.10. The number of hydrogen-bond donors (Lipinski definition) is 1. The zero-order valence-electron chi connectivity index (χ0n) is 13.8. The molecule has 1 amide bonds. The molecule has 1 N–H and O–H groups in total. The number of thiophene rings is 2. The molecular weight excluding hydrogens is 386 g/mol. The highest BCUT2D eigenvalue weighted by molar-refractivity contribution is 7.17. The Labute approximate surface area is 163 Å². The fourth-order valence-corrected chi connectivity index (χ4v) is 4.40. The number of benzene rings is 1. The summed E-state index contributed by atoms with van der Waals surface area (Å²) < 4.78 is 1.84. The van der Waals surface area contributed by atoms with Crippen LogP contribution in [-0.4, -0.2) is 15.7 Å². The van der Waals surface area contributed by atoms with Crippen LogP contribution in [0, 0.1) is 0 Å². The first-order chi connectivity index (χ1) is 12.6. The van der Waals surface area contributed by atoms with Crippen molar-refractivity contribution in [2.24, 2.45) is 7.05 Å². The van der Waals surface area contributed by atoms with Gasteiger partial charge in [-0.05, 0) is 41.8 Å². The van der Waals surface area contributed by atoms with Crippen LogP contribution in [0.4, 0.5) is 5.69 Å². The Hall–Kier alpha value is -2.41. The van der Waals surface area contributed by atoms with E-state index in [4.69, 9.17) is 11.6 Å². The molecule has 7 heteroatoms. The molecule has 4 aromatic rings. The summed E-state index contributed by atoms with van der Waals surface area (Å²) >= 11 is 9.20. The minimum atomic E-state index is -0.171.